The topological polar surface area (TPSA) is 58.6 Å². The molecule has 0 radical (unpaired) electrons. The molecule has 1 amide bonds. The highest BCUT2D eigenvalue weighted by Gasteiger charge is 2.20. The van der Waals surface area contributed by atoms with E-state index in [0.29, 0.717) is 17.2 Å². The lowest BCUT2D eigenvalue weighted by molar-refractivity contribution is -0.117. The lowest BCUT2D eigenvalue weighted by Gasteiger charge is -2.14. The molecule has 0 unspecified atom stereocenters. The van der Waals surface area contributed by atoms with Crippen molar-refractivity contribution in [2.24, 2.45) is 0 Å². The first-order valence-corrected chi connectivity index (χ1v) is 9.21. The first kappa shape index (κ1) is 19.1. The van der Waals surface area contributed by atoms with Crippen LogP contribution in [0.2, 0.25) is 0 Å². The molecular formula is C19H24N2O3S. The number of esters is 1. The highest BCUT2D eigenvalue weighted by molar-refractivity contribution is 7.20. The molecule has 1 heterocycles. The normalized spacial score (nSPS) is 10.7. The Morgan fingerprint density at radius 1 is 1.20 bits per heavy atom. The maximum atomic E-state index is 12.3. The lowest BCUT2D eigenvalue weighted by atomic mass is 10.1. The summed E-state index contributed by atoms with van der Waals surface area (Å²) in [5, 5.41) is 3.40. The van der Waals surface area contributed by atoms with Crippen LogP contribution in [-0.2, 0) is 9.53 Å². The van der Waals surface area contributed by atoms with E-state index < -0.39 is 5.97 Å². The predicted molar refractivity (Wildman–Crippen MR) is 102 cm³/mol. The molecule has 1 N–H and O–H groups in total. The molecule has 1 aromatic heterocycles. The fraction of sp³-hybridized carbons (Fsp3) is 0.368. The fourth-order valence-corrected chi connectivity index (χ4v) is 3.53. The highest BCUT2D eigenvalue weighted by atomic mass is 32.1. The van der Waals surface area contributed by atoms with E-state index in [2.05, 4.69) is 12.2 Å². The average Bonchev–Trinajstić information content (AvgIpc) is 2.99. The molecule has 25 heavy (non-hydrogen) atoms. The largest absolute Gasteiger partial charge is 0.462 e. The molecule has 0 saturated heterocycles. The van der Waals surface area contributed by atoms with Crippen LogP contribution in [0.5, 0.6) is 0 Å². The minimum Gasteiger partial charge on any atom is -0.462 e. The zero-order valence-corrected chi connectivity index (χ0v) is 15.7. The average molecular weight is 360 g/mol. The molecule has 0 bridgehead atoms. The van der Waals surface area contributed by atoms with Crippen LogP contribution < -0.4 is 5.32 Å². The van der Waals surface area contributed by atoms with Crippen molar-refractivity contribution in [1.29, 1.82) is 0 Å². The van der Waals surface area contributed by atoms with E-state index in [1.807, 2.05) is 42.3 Å². The number of amides is 1. The Balaban J connectivity index is 2.24. The van der Waals surface area contributed by atoms with Crippen LogP contribution in [-0.4, -0.2) is 43.5 Å². The maximum Gasteiger partial charge on any atom is 0.341 e. The molecule has 0 atom stereocenters. The van der Waals surface area contributed by atoms with Gasteiger partial charge in [-0.15, -0.1) is 11.3 Å². The summed E-state index contributed by atoms with van der Waals surface area (Å²) in [5.74, 6) is -0.555. The third-order valence-corrected chi connectivity index (χ3v) is 4.66. The van der Waals surface area contributed by atoms with Gasteiger partial charge in [-0.1, -0.05) is 37.3 Å². The van der Waals surface area contributed by atoms with Gasteiger partial charge >= 0.3 is 5.97 Å². The van der Waals surface area contributed by atoms with E-state index in [1.165, 1.54) is 11.3 Å². The number of hydrogen-bond acceptors (Lipinski definition) is 5. The van der Waals surface area contributed by atoms with E-state index in [4.69, 9.17) is 4.74 Å². The van der Waals surface area contributed by atoms with Crippen molar-refractivity contribution in [3.8, 4) is 10.4 Å². The molecule has 1 aromatic carbocycles. The van der Waals surface area contributed by atoms with Gasteiger partial charge in [-0.05, 0) is 38.6 Å². The van der Waals surface area contributed by atoms with E-state index in [-0.39, 0.29) is 12.5 Å². The van der Waals surface area contributed by atoms with Crippen LogP contribution in [0.15, 0.2) is 36.4 Å². The molecule has 134 valence electrons. The van der Waals surface area contributed by atoms with E-state index in [0.717, 1.165) is 23.4 Å². The maximum absolute atomic E-state index is 12.3. The van der Waals surface area contributed by atoms with Gasteiger partial charge in [0.1, 0.15) is 5.00 Å². The van der Waals surface area contributed by atoms with Crippen molar-refractivity contribution in [2.45, 2.75) is 20.3 Å². The van der Waals surface area contributed by atoms with Crippen LogP contribution in [0.1, 0.15) is 30.6 Å². The second-order valence-corrected chi connectivity index (χ2v) is 6.78. The van der Waals surface area contributed by atoms with Gasteiger partial charge in [-0.2, -0.15) is 0 Å². The Hall–Kier alpha value is -2.18. The smallest absolute Gasteiger partial charge is 0.341 e. The summed E-state index contributed by atoms with van der Waals surface area (Å²) in [6.07, 6.45) is 0.981. The number of thiophene rings is 1. The zero-order chi connectivity index (χ0) is 18.2. The van der Waals surface area contributed by atoms with Gasteiger partial charge in [0.15, 0.2) is 0 Å². The van der Waals surface area contributed by atoms with Crippen LogP contribution >= 0.6 is 11.3 Å². The summed E-state index contributed by atoms with van der Waals surface area (Å²) in [6.45, 7) is 5.26. The minimum absolute atomic E-state index is 0.136. The molecule has 0 aliphatic heterocycles. The number of benzene rings is 1. The third kappa shape index (κ3) is 5.41. The number of anilines is 1. The Labute approximate surface area is 152 Å². The van der Waals surface area contributed by atoms with Gasteiger partial charge in [0.05, 0.1) is 18.7 Å². The molecule has 2 aromatic rings. The summed E-state index contributed by atoms with van der Waals surface area (Å²) >= 11 is 1.38. The van der Waals surface area contributed by atoms with Crippen molar-refractivity contribution >= 4 is 28.2 Å². The van der Waals surface area contributed by atoms with Gasteiger partial charge in [-0.3, -0.25) is 9.69 Å². The van der Waals surface area contributed by atoms with Crippen molar-refractivity contribution in [2.75, 3.05) is 32.1 Å². The van der Waals surface area contributed by atoms with E-state index in [9.17, 15) is 9.59 Å². The first-order valence-electron chi connectivity index (χ1n) is 8.39. The van der Waals surface area contributed by atoms with Crippen LogP contribution in [0.4, 0.5) is 5.00 Å². The Kier molecular flexibility index (Phi) is 7.16. The lowest BCUT2D eigenvalue weighted by Crippen LogP contribution is -2.30. The summed E-state index contributed by atoms with van der Waals surface area (Å²) in [7, 11) is 1.90. The number of nitrogens with zero attached hydrogens (tertiary/aromatic N) is 1. The number of rotatable bonds is 8. The number of carbonyl (C=O) groups is 2. The minimum atomic E-state index is -0.418. The molecule has 0 fully saturated rings. The monoisotopic (exact) mass is 360 g/mol. The molecule has 5 nitrogen and oxygen atoms in total. The number of ether oxygens (including phenoxy) is 1. The molecule has 0 aliphatic rings. The highest BCUT2D eigenvalue weighted by Crippen LogP contribution is 2.35. The van der Waals surface area contributed by atoms with Gasteiger partial charge in [0.25, 0.3) is 0 Å². The van der Waals surface area contributed by atoms with E-state index in [1.54, 1.807) is 13.0 Å². The summed E-state index contributed by atoms with van der Waals surface area (Å²) in [6, 6.07) is 11.6. The van der Waals surface area contributed by atoms with Crippen molar-refractivity contribution in [3.63, 3.8) is 0 Å². The Morgan fingerprint density at radius 2 is 1.92 bits per heavy atom. The van der Waals surface area contributed by atoms with Crippen LogP contribution in [0.25, 0.3) is 10.4 Å². The first-order chi connectivity index (χ1) is 12.0. The number of hydrogen-bond donors (Lipinski definition) is 1. The summed E-state index contributed by atoms with van der Waals surface area (Å²) < 4.78 is 5.13. The van der Waals surface area contributed by atoms with Gasteiger partial charge in [-0.25, -0.2) is 4.79 Å². The van der Waals surface area contributed by atoms with Crippen LogP contribution in [0.3, 0.4) is 0 Å². The molecule has 0 spiro atoms. The predicted octanol–water partition coefficient (Wildman–Crippen LogP) is 3.87. The second-order valence-electron chi connectivity index (χ2n) is 5.73. The van der Waals surface area contributed by atoms with Crippen molar-refractivity contribution < 1.29 is 14.3 Å². The summed E-state index contributed by atoms with van der Waals surface area (Å²) in [5.41, 5.74) is 1.40. The third-order valence-electron chi connectivity index (χ3n) is 3.56. The SMILES string of the molecule is CCCN(C)CC(=O)Nc1sc(-c2ccccc2)cc1C(=O)OCC. The van der Waals surface area contributed by atoms with Crippen LogP contribution in [0, 0.1) is 0 Å². The molecule has 6 heteroatoms. The Morgan fingerprint density at radius 3 is 2.56 bits per heavy atom. The van der Waals surface area contributed by atoms with Gasteiger partial charge < -0.3 is 10.1 Å². The number of carbonyl (C=O) groups excluding carboxylic acids is 2. The Bertz CT molecular complexity index is 713. The molecule has 0 aliphatic carbocycles. The number of nitrogens with one attached hydrogen (secondary N) is 1. The van der Waals surface area contributed by atoms with Gasteiger partial charge in [0.2, 0.25) is 5.91 Å². The summed E-state index contributed by atoms with van der Waals surface area (Å²) in [4.78, 5) is 27.4. The standard InChI is InChI=1S/C19H24N2O3S/c1-4-11-21(3)13-17(22)20-18-15(19(23)24-5-2)12-16(25-18)14-9-7-6-8-10-14/h6-10,12H,4-5,11,13H2,1-3H3,(H,20,22). The van der Waals surface area contributed by atoms with E-state index >= 15 is 0 Å². The van der Waals surface area contributed by atoms with Gasteiger partial charge in [0, 0.05) is 4.88 Å². The zero-order valence-electron chi connectivity index (χ0n) is 14.9. The quantitative estimate of drug-likeness (QED) is 0.726. The molecule has 2 rings (SSSR count). The van der Waals surface area contributed by atoms with Crippen molar-refractivity contribution in [3.05, 3.63) is 42.0 Å². The second kappa shape index (κ2) is 9.34. The molecule has 0 saturated carbocycles. The number of likely N-dealkylation sites (N-methyl/N-ethyl adjacent to an activating group) is 1. The fourth-order valence-electron chi connectivity index (χ4n) is 2.46. The van der Waals surface area contributed by atoms with Crippen molar-refractivity contribution in [1.82, 2.24) is 4.90 Å². The molecular weight excluding hydrogens is 336 g/mol.